The van der Waals surface area contributed by atoms with Crippen LogP contribution >= 0.6 is 11.6 Å². The van der Waals surface area contributed by atoms with E-state index in [0.717, 1.165) is 5.56 Å². The Morgan fingerprint density at radius 3 is 2.87 bits per heavy atom. The molecule has 1 heterocycles. The molecule has 2 rings (SSSR count). The number of rotatable bonds is 2. The minimum Gasteiger partial charge on any atom is -0.382 e. The van der Waals surface area contributed by atoms with E-state index in [-0.39, 0.29) is 0 Å². The molecular weight excluding hydrogens is 214 g/mol. The summed E-state index contributed by atoms with van der Waals surface area (Å²) in [7, 11) is 1.73. The lowest BCUT2D eigenvalue weighted by molar-refractivity contribution is 0.210. The number of aromatic nitrogens is 3. The van der Waals surface area contributed by atoms with E-state index in [4.69, 9.17) is 11.6 Å². The van der Waals surface area contributed by atoms with E-state index in [1.165, 1.54) is 10.9 Å². The lowest BCUT2D eigenvalue weighted by Crippen LogP contribution is -2.06. The standard InChI is InChI=1S/C10H10ClN3O/c1-14-9(6-12-13-14)10(15)7-3-2-4-8(11)5-7/h2-6,10,15H,1H3. The van der Waals surface area contributed by atoms with Crippen LogP contribution in [0.4, 0.5) is 0 Å². The molecule has 1 aromatic carbocycles. The molecule has 1 unspecified atom stereocenters. The Labute approximate surface area is 92.1 Å². The molecule has 0 spiro atoms. The number of benzene rings is 1. The maximum atomic E-state index is 10.0. The number of hydrogen-bond donors (Lipinski definition) is 1. The minimum absolute atomic E-state index is 0.599. The second-order valence-corrected chi connectivity index (χ2v) is 3.68. The summed E-state index contributed by atoms with van der Waals surface area (Å²) in [5.41, 5.74) is 1.37. The number of aliphatic hydroxyl groups excluding tert-OH is 1. The lowest BCUT2D eigenvalue weighted by atomic mass is 10.1. The fourth-order valence-electron chi connectivity index (χ4n) is 1.39. The monoisotopic (exact) mass is 223 g/mol. The molecule has 0 radical (unpaired) electrons. The van der Waals surface area contributed by atoms with E-state index in [9.17, 15) is 5.11 Å². The van der Waals surface area contributed by atoms with Crippen LogP contribution in [0.25, 0.3) is 0 Å². The van der Waals surface area contributed by atoms with E-state index in [2.05, 4.69) is 10.3 Å². The van der Waals surface area contributed by atoms with Crippen LogP contribution in [0.3, 0.4) is 0 Å². The highest BCUT2D eigenvalue weighted by Gasteiger charge is 2.14. The van der Waals surface area contributed by atoms with Gasteiger partial charge in [-0.1, -0.05) is 28.9 Å². The maximum absolute atomic E-state index is 10.0. The molecule has 15 heavy (non-hydrogen) atoms. The van der Waals surface area contributed by atoms with Gasteiger partial charge in [0.2, 0.25) is 0 Å². The Morgan fingerprint density at radius 2 is 2.27 bits per heavy atom. The quantitative estimate of drug-likeness (QED) is 0.841. The summed E-state index contributed by atoms with van der Waals surface area (Å²) in [6, 6.07) is 7.09. The molecule has 2 aromatic rings. The van der Waals surface area contributed by atoms with Gasteiger partial charge in [-0.3, -0.25) is 0 Å². The van der Waals surface area contributed by atoms with Gasteiger partial charge in [-0.15, -0.1) is 5.10 Å². The number of halogens is 1. The Bertz CT molecular complexity index is 469. The predicted molar refractivity (Wildman–Crippen MR) is 56.5 cm³/mol. The van der Waals surface area contributed by atoms with E-state index >= 15 is 0 Å². The Hall–Kier alpha value is -1.39. The largest absolute Gasteiger partial charge is 0.382 e. The topological polar surface area (TPSA) is 50.9 Å². The highest BCUT2D eigenvalue weighted by Crippen LogP contribution is 2.22. The number of aliphatic hydroxyl groups is 1. The first-order valence-electron chi connectivity index (χ1n) is 4.46. The summed E-state index contributed by atoms with van der Waals surface area (Å²) in [6.07, 6.45) is 0.787. The van der Waals surface area contributed by atoms with Gasteiger partial charge in [-0.25, -0.2) is 4.68 Å². The van der Waals surface area contributed by atoms with Gasteiger partial charge < -0.3 is 5.11 Å². The number of hydrogen-bond acceptors (Lipinski definition) is 3. The van der Waals surface area contributed by atoms with Crippen molar-refractivity contribution in [3.63, 3.8) is 0 Å². The van der Waals surface area contributed by atoms with Crippen LogP contribution in [0.15, 0.2) is 30.5 Å². The minimum atomic E-state index is -0.747. The van der Waals surface area contributed by atoms with Gasteiger partial charge in [-0.05, 0) is 17.7 Å². The lowest BCUT2D eigenvalue weighted by Gasteiger charge is -2.10. The van der Waals surface area contributed by atoms with E-state index in [1.54, 1.807) is 25.2 Å². The second-order valence-electron chi connectivity index (χ2n) is 3.24. The van der Waals surface area contributed by atoms with E-state index < -0.39 is 6.10 Å². The summed E-state index contributed by atoms with van der Waals surface area (Å²) >= 11 is 5.84. The average molecular weight is 224 g/mol. The van der Waals surface area contributed by atoms with Crippen LogP contribution in [0.1, 0.15) is 17.4 Å². The van der Waals surface area contributed by atoms with Crippen molar-refractivity contribution < 1.29 is 5.11 Å². The molecule has 0 aliphatic heterocycles. The van der Waals surface area contributed by atoms with Gasteiger partial charge in [0.1, 0.15) is 6.10 Å². The van der Waals surface area contributed by atoms with Crippen LogP contribution in [0.5, 0.6) is 0 Å². The fraction of sp³-hybridized carbons (Fsp3) is 0.200. The average Bonchev–Trinajstić information content (AvgIpc) is 2.63. The van der Waals surface area contributed by atoms with Gasteiger partial charge in [0.05, 0.1) is 11.9 Å². The molecule has 5 heteroatoms. The van der Waals surface area contributed by atoms with Gasteiger partial charge in [0, 0.05) is 12.1 Å². The van der Waals surface area contributed by atoms with E-state index in [1.807, 2.05) is 6.07 Å². The van der Waals surface area contributed by atoms with Crippen molar-refractivity contribution >= 4 is 11.6 Å². The first-order valence-corrected chi connectivity index (χ1v) is 4.84. The first kappa shape index (κ1) is 10.1. The van der Waals surface area contributed by atoms with Crippen LogP contribution in [-0.2, 0) is 7.05 Å². The zero-order chi connectivity index (χ0) is 10.8. The highest BCUT2D eigenvalue weighted by atomic mass is 35.5. The summed E-state index contributed by atoms with van der Waals surface area (Å²) < 4.78 is 1.53. The molecule has 4 nitrogen and oxygen atoms in total. The van der Waals surface area contributed by atoms with Crippen molar-refractivity contribution in [3.8, 4) is 0 Å². The SMILES string of the molecule is Cn1nncc1C(O)c1cccc(Cl)c1. The molecular formula is C10H10ClN3O. The van der Waals surface area contributed by atoms with Crippen LogP contribution in [0.2, 0.25) is 5.02 Å². The molecule has 1 aromatic heterocycles. The van der Waals surface area contributed by atoms with Crippen LogP contribution in [-0.4, -0.2) is 20.1 Å². The zero-order valence-electron chi connectivity index (χ0n) is 8.13. The molecule has 0 amide bonds. The molecule has 1 atom stereocenters. The van der Waals surface area contributed by atoms with Gasteiger partial charge in [0.15, 0.2) is 0 Å². The predicted octanol–water partition coefficient (Wildman–Crippen LogP) is 1.55. The third-order valence-electron chi connectivity index (χ3n) is 2.19. The summed E-state index contributed by atoms with van der Waals surface area (Å²) in [5.74, 6) is 0. The smallest absolute Gasteiger partial charge is 0.122 e. The molecule has 0 aliphatic rings. The Morgan fingerprint density at radius 1 is 1.47 bits per heavy atom. The van der Waals surface area contributed by atoms with Crippen molar-refractivity contribution in [2.45, 2.75) is 6.10 Å². The molecule has 1 N–H and O–H groups in total. The maximum Gasteiger partial charge on any atom is 0.122 e. The molecule has 0 bridgehead atoms. The Balaban J connectivity index is 2.36. The zero-order valence-corrected chi connectivity index (χ0v) is 8.89. The Kier molecular flexibility index (Phi) is 2.70. The van der Waals surface area contributed by atoms with Crippen LogP contribution in [0, 0.1) is 0 Å². The van der Waals surface area contributed by atoms with Crippen molar-refractivity contribution in [2.75, 3.05) is 0 Å². The third-order valence-corrected chi connectivity index (χ3v) is 2.43. The van der Waals surface area contributed by atoms with Gasteiger partial charge >= 0.3 is 0 Å². The number of aryl methyl sites for hydroxylation is 1. The van der Waals surface area contributed by atoms with Gasteiger partial charge in [0.25, 0.3) is 0 Å². The molecule has 0 fully saturated rings. The molecule has 78 valence electrons. The normalized spacial score (nSPS) is 12.7. The molecule has 0 aliphatic carbocycles. The van der Waals surface area contributed by atoms with Crippen molar-refractivity contribution in [3.05, 3.63) is 46.7 Å². The first-order chi connectivity index (χ1) is 7.18. The fourth-order valence-corrected chi connectivity index (χ4v) is 1.59. The van der Waals surface area contributed by atoms with Crippen molar-refractivity contribution in [2.24, 2.45) is 7.05 Å². The molecule has 0 saturated heterocycles. The van der Waals surface area contributed by atoms with E-state index in [0.29, 0.717) is 10.7 Å². The van der Waals surface area contributed by atoms with Gasteiger partial charge in [-0.2, -0.15) is 0 Å². The highest BCUT2D eigenvalue weighted by molar-refractivity contribution is 6.30. The summed E-state index contributed by atoms with van der Waals surface area (Å²) in [4.78, 5) is 0. The van der Waals surface area contributed by atoms with Crippen molar-refractivity contribution in [1.29, 1.82) is 0 Å². The summed E-state index contributed by atoms with van der Waals surface area (Å²) in [5, 5.41) is 18.1. The van der Waals surface area contributed by atoms with Crippen LogP contribution < -0.4 is 0 Å². The summed E-state index contributed by atoms with van der Waals surface area (Å²) in [6.45, 7) is 0. The third kappa shape index (κ3) is 2.00. The van der Waals surface area contributed by atoms with Crippen molar-refractivity contribution in [1.82, 2.24) is 15.0 Å². The number of nitrogens with zero attached hydrogens (tertiary/aromatic N) is 3. The molecule has 0 saturated carbocycles. The second kappa shape index (κ2) is 4.00.